The number of rotatable bonds is 2. The Balaban J connectivity index is 2.31. The normalized spacial score (nSPS) is 13.4. The molecule has 0 radical (unpaired) electrons. The molecule has 1 aromatic heterocycles. The second-order valence-corrected chi connectivity index (χ2v) is 8.90. The molecule has 2 nitrogen and oxygen atoms in total. The lowest BCUT2D eigenvalue weighted by atomic mass is 10.0. The summed E-state index contributed by atoms with van der Waals surface area (Å²) in [5, 5.41) is 0. The Morgan fingerprint density at radius 3 is 2.11 bits per heavy atom. The fraction of sp³-hybridized carbons (Fsp3) is 0.533. The van der Waals surface area contributed by atoms with Gasteiger partial charge in [-0.25, -0.2) is 9.29 Å². The minimum absolute atomic E-state index is 0.0980. The van der Waals surface area contributed by atoms with Crippen molar-refractivity contribution in [3.8, 4) is 0 Å². The van der Waals surface area contributed by atoms with Crippen molar-refractivity contribution in [2.75, 3.05) is 0 Å². The van der Waals surface area contributed by atoms with E-state index in [9.17, 15) is 0 Å². The van der Waals surface area contributed by atoms with Crippen LogP contribution in [-0.4, -0.2) is 20.4 Å². The van der Waals surface area contributed by atoms with Crippen molar-refractivity contribution >= 4 is 33.5 Å². The van der Waals surface area contributed by atoms with Gasteiger partial charge in [-0.3, -0.25) is 0 Å². The number of hydrogen-bond donors (Lipinski definition) is 0. The predicted molar refractivity (Wildman–Crippen MR) is 86.8 cm³/mol. The first-order valence-electron chi connectivity index (χ1n) is 6.52. The van der Waals surface area contributed by atoms with Gasteiger partial charge in [0.05, 0.1) is 10.2 Å². The lowest BCUT2D eigenvalue weighted by Gasteiger charge is -2.43. The van der Waals surface area contributed by atoms with E-state index in [-0.39, 0.29) is 11.1 Å². The quantitative estimate of drug-likeness (QED) is 0.708. The first-order chi connectivity index (χ1) is 8.68. The molecule has 1 aromatic carbocycles. The van der Waals surface area contributed by atoms with E-state index in [1.807, 2.05) is 6.07 Å². The van der Waals surface area contributed by atoms with Crippen LogP contribution >= 0.6 is 23.3 Å². The first-order valence-corrected chi connectivity index (χ1v) is 8.11. The monoisotopic (exact) mass is 294 g/mol. The average Bonchev–Trinajstić information content (AvgIpc) is 2.65. The molecule has 4 heteroatoms. The largest absolute Gasteiger partial charge is 0.234 e. The standard InChI is InChI=1S/C15H22N2S2/c1-14(2,3)17(15(4,5)6)19-13-16-11-9-7-8-10-12(11)18-13/h7-10H,1-6H3. The Bertz CT molecular complexity index is 514. The number of para-hydroxylation sites is 1. The van der Waals surface area contributed by atoms with E-state index >= 15 is 0 Å². The summed E-state index contributed by atoms with van der Waals surface area (Å²) < 4.78 is 4.80. The van der Waals surface area contributed by atoms with Crippen LogP contribution in [0.3, 0.4) is 0 Å². The van der Waals surface area contributed by atoms with Crippen LogP contribution in [0.15, 0.2) is 28.6 Å². The van der Waals surface area contributed by atoms with Crippen molar-refractivity contribution in [1.82, 2.24) is 9.29 Å². The molecule has 19 heavy (non-hydrogen) atoms. The van der Waals surface area contributed by atoms with Gasteiger partial charge >= 0.3 is 0 Å². The number of fused-ring (bicyclic) bond motifs is 1. The second-order valence-electron chi connectivity index (χ2n) is 6.67. The summed E-state index contributed by atoms with van der Waals surface area (Å²) >= 11 is 3.54. The summed E-state index contributed by atoms with van der Waals surface area (Å²) in [4.78, 5) is 4.72. The number of nitrogens with zero attached hydrogens (tertiary/aromatic N) is 2. The fourth-order valence-corrected chi connectivity index (χ4v) is 4.43. The zero-order chi connectivity index (χ0) is 14.3. The van der Waals surface area contributed by atoms with Crippen LogP contribution in [0.25, 0.3) is 10.2 Å². The van der Waals surface area contributed by atoms with Gasteiger partial charge in [0.2, 0.25) is 0 Å². The molecule has 0 aliphatic carbocycles. The van der Waals surface area contributed by atoms with Crippen molar-refractivity contribution in [2.24, 2.45) is 0 Å². The molecule has 0 fully saturated rings. The van der Waals surface area contributed by atoms with Gasteiger partial charge in [0.1, 0.15) is 0 Å². The average molecular weight is 294 g/mol. The van der Waals surface area contributed by atoms with E-state index < -0.39 is 0 Å². The topological polar surface area (TPSA) is 16.1 Å². The van der Waals surface area contributed by atoms with Crippen molar-refractivity contribution in [3.05, 3.63) is 24.3 Å². The highest BCUT2D eigenvalue weighted by molar-refractivity contribution is 7.99. The molecule has 1 heterocycles. The Hall–Kier alpha value is -0.580. The third-order valence-corrected chi connectivity index (χ3v) is 5.49. The minimum atomic E-state index is 0.0980. The molecule has 2 aromatic rings. The molecule has 104 valence electrons. The number of aromatic nitrogens is 1. The highest BCUT2D eigenvalue weighted by Crippen LogP contribution is 2.39. The van der Waals surface area contributed by atoms with E-state index in [0.717, 1.165) is 9.86 Å². The van der Waals surface area contributed by atoms with Crippen LogP contribution in [-0.2, 0) is 0 Å². The van der Waals surface area contributed by atoms with Gasteiger partial charge < -0.3 is 0 Å². The summed E-state index contributed by atoms with van der Waals surface area (Å²) in [6, 6.07) is 8.33. The summed E-state index contributed by atoms with van der Waals surface area (Å²) in [5.74, 6) is 0. The molecule has 0 amide bonds. The molecule has 0 bridgehead atoms. The molecule has 0 aliphatic heterocycles. The van der Waals surface area contributed by atoms with E-state index in [1.54, 1.807) is 23.3 Å². The minimum Gasteiger partial charge on any atom is -0.234 e. The Morgan fingerprint density at radius 2 is 1.58 bits per heavy atom. The first kappa shape index (κ1) is 14.8. The summed E-state index contributed by atoms with van der Waals surface area (Å²) in [6.07, 6.45) is 0. The summed E-state index contributed by atoms with van der Waals surface area (Å²) in [7, 11) is 0. The van der Waals surface area contributed by atoms with Gasteiger partial charge in [-0.2, -0.15) is 0 Å². The maximum absolute atomic E-state index is 4.72. The summed E-state index contributed by atoms with van der Waals surface area (Å²) in [5.41, 5.74) is 1.29. The van der Waals surface area contributed by atoms with Crippen molar-refractivity contribution in [2.45, 2.75) is 57.0 Å². The zero-order valence-electron chi connectivity index (χ0n) is 12.5. The highest BCUT2D eigenvalue weighted by Gasteiger charge is 2.33. The van der Waals surface area contributed by atoms with E-state index in [0.29, 0.717) is 0 Å². The van der Waals surface area contributed by atoms with Crippen LogP contribution in [0.1, 0.15) is 41.5 Å². The van der Waals surface area contributed by atoms with Gasteiger partial charge in [0, 0.05) is 11.1 Å². The SMILES string of the molecule is CC(C)(C)N(Sc1nc2ccccc2s1)C(C)(C)C. The molecule has 0 spiro atoms. The third-order valence-electron chi connectivity index (χ3n) is 2.66. The van der Waals surface area contributed by atoms with Crippen molar-refractivity contribution in [1.29, 1.82) is 0 Å². The molecular formula is C15H22N2S2. The van der Waals surface area contributed by atoms with Crippen LogP contribution in [0, 0.1) is 0 Å². The van der Waals surface area contributed by atoms with Gasteiger partial charge in [-0.1, -0.05) is 12.1 Å². The molecule has 0 saturated heterocycles. The zero-order valence-corrected chi connectivity index (χ0v) is 14.2. The number of hydrogen-bond acceptors (Lipinski definition) is 4. The van der Waals surface area contributed by atoms with Gasteiger partial charge in [-0.05, 0) is 65.6 Å². The molecule has 0 N–H and O–H groups in total. The van der Waals surface area contributed by atoms with Crippen LogP contribution < -0.4 is 0 Å². The fourth-order valence-electron chi connectivity index (χ4n) is 2.25. The molecule has 0 atom stereocenters. The molecule has 0 aliphatic rings. The number of thiazole rings is 1. The maximum Gasteiger partial charge on any atom is 0.166 e. The Labute approximate surface area is 124 Å². The Morgan fingerprint density at radius 1 is 1.00 bits per heavy atom. The summed E-state index contributed by atoms with van der Waals surface area (Å²) in [6.45, 7) is 13.5. The lowest BCUT2D eigenvalue weighted by Crippen LogP contribution is -2.47. The Kier molecular flexibility index (Phi) is 3.96. The van der Waals surface area contributed by atoms with Gasteiger partial charge in [-0.15, -0.1) is 11.3 Å². The smallest absolute Gasteiger partial charge is 0.166 e. The van der Waals surface area contributed by atoms with Crippen LogP contribution in [0.2, 0.25) is 0 Å². The van der Waals surface area contributed by atoms with E-state index in [2.05, 4.69) is 64.0 Å². The molecular weight excluding hydrogens is 272 g/mol. The van der Waals surface area contributed by atoms with Crippen LogP contribution in [0.4, 0.5) is 0 Å². The third kappa shape index (κ3) is 3.50. The van der Waals surface area contributed by atoms with Crippen molar-refractivity contribution in [3.63, 3.8) is 0 Å². The van der Waals surface area contributed by atoms with E-state index in [4.69, 9.17) is 4.98 Å². The van der Waals surface area contributed by atoms with Gasteiger partial charge in [0.15, 0.2) is 4.34 Å². The molecule has 2 rings (SSSR count). The van der Waals surface area contributed by atoms with Gasteiger partial charge in [0.25, 0.3) is 0 Å². The second kappa shape index (κ2) is 5.08. The molecule has 0 saturated carbocycles. The lowest BCUT2D eigenvalue weighted by molar-refractivity contribution is 0.157. The van der Waals surface area contributed by atoms with Crippen molar-refractivity contribution < 1.29 is 0 Å². The number of benzene rings is 1. The highest BCUT2D eigenvalue weighted by atomic mass is 32.2. The van der Waals surface area contributed by atoms with E-state index in [1.165, 1.54) is 4.70 Å². The van der Waals surface area contributed by atoms with Crippen LogP contribution in [0.5, 0.6) is 0 Å². The molecule has 0 unspecified atom stereocenters. The maximum atomic E-state index is 4.72. The predicted octanol–water partition coefficient (Wildman–Crippen LogP) is 5.20.